The first-order valence-electron chi connectivity index (χ1n) is 10.4. The predicted molar refractivity (Wildman–Crippen MR) is 139 cm³/mol. The van der Waals surface area contributed by atoms with Gasteiger partial charge in [-0.2, -0.15) is 21.8 Å². The first-order chi connectivity index (χ1) is 18.3. The topological polar surface area (TPSA) is 205 Å². The zero-order chi connectivity index (χ0) is 28.5. The standard InChI is InChI=1S/C21H16Cl2N6O8S2/c1-37-19-13(7-4-8-14(19)38(31,32)33)27-28-17-15(39(34,35)36)9-11-5-2-3-6-12(11)18(17)29(30)10-16-24-20(22)26-21(23)25-16/h2-9,30H,10H2,1H3,(H,31,32,33)(H,34,35,36). The molecule has 0 fully saturated rings. The van der Waals surface area contributed by atoms with Crippen molar-refractivity contribution in [3.05, 3.63) is 64.9 Å². The van der Waals surface area contributed by atoms with Crippen molar-refractivity contribution in [1.82, 2.24) is 15.0 Å². The van der Waals surface area contributed by atoms with Crippen molar-refractivity contribution in [2.24, 2.45) is 10.2 Å². The van der Waals surface area contributed by atoms with E-state index in [4.69, 9.17) is 27.9 Å². The SMILES string of the molecule is COc1c(N=Nc2c(S(=O)(=O)O)cc3ccccc3c2N(O)Cc2nc(Cl)nc(Cl)n2)cccc1S(=O)(=O)O. The molecule has 0 aliphatic rings. The van der Waals surface area contributed by atoms with Gasteiger partial charge >= 0.3 is 0 Å². The van der Waals surface area contributed by atoms with Gasteiger partial charge in [-0.25, -0.2) is 15.0 Å². The van der Waals surface area contributed by atoms with E-state index in [2.05, 4.69) is 25.2 Å². The molecule has 0 unspecified atom stereocenters. The summed E-state index contributed by atoms with van der Waals surface area (Å²) in [5.74, 6) is -0.496. The predicted octanol–water partition coefficient (Wildman–Crippen LogP) is 4.64. The number of halogens is 2. The molecule has 1 aromatic heterocycles. The van der Waals surface area contributed by atoms with Crippen molar-refractivity contribution in [1.29, 1.82) is 0 Å². The van der Waals surface area contributed by atoms with E-state index in [0.29, 0.717) is 5.06 Å². The summed E-state index contributed by atoms with van der Waals surface area (Å²) in [6.07, 6.45) is 0. The summed E-state index contributed by atoms with van der Waals surface area (Å²) in [6, 6.07) is 10.9. The summed E-state index contributed by atoms with van der Waals surface area (Å²) >= 11 is 11.6. The maximum Gasteiger partial charge on any atom is 0.298 e. The van der Waals surface area contributed by atoms with Crippen LogP contribution >= 0.6 is 23.2 Å². The van der Waals surface area contributed by atoms with E-state index >= 15 is 0 Å². The third kappa shape index (κ3) is 6.22. The fourth-order valence-corrected chi connectivity index (χ4v) is 5.32. The largest absolute Gasteiger partial charge is 0.493 e. The molecule has 0 aliphatic carbocycles. The lowest BCUT2D eigenvalue weighted by atomic mass is 10.1. The number of hydrogen-bond donors (Lipinski definition) is 3. The average Bonchev–Trinajstić information content (AvgIpc) is 2.84. The third-order valence-corrected chi connectivity index (χ3v) is 7.19. The number of hydrogen-bond acceptors (Lipinski definition) is 12. The molecule has 0 aliphatic heterocycles. The van der Waals surface area contributed by atoms with Gasteiger partial charge in [-0.15, -0.1) is 10.2 Å². The molecule has 3 aromatic carbocycles. The van der Waals surface area contributed by atoms with Crippen LogP contribution in [0.1, 0.15) is 5.82 Å². The van der Waals surface area contributed by atoms with Crippen LogP contribution in [0.5, 0.6) is 5.75 Å². The molecular weight excluding hydrogens is 599 g/mol. The molecule has 204 valence electrons. The Hall–Kier alpha value is -3.51. The second-order valence-corrected chi connectivity index (χ2v) is 11.1. The molecule has 4 rings (SSSR count). The van der Waals surface area contributed by atoms with Gasteiger partial charge in [-0.3, -0.25) is 14.3 Å². The third-order valence-electron chi connectivity index (χ3n) is 5.11. The minimum Gasteiger partial charge on any atom is -0.493 e. The number of fused-ring (bicyclic) bond motifs is 1. The number of rotatable bonds is 8. The normalized spacial score (nSPS) is 12.3. The molecule has 39 heavy (non-hydrogen) atoms. The molecular formula is C21H16Cl2N6O8S2. The molecule has 1 heterocycles. The highest BCUT2D eigenvalue weighted by Gasteiger charge is 2.26. The smallest absolute Gasteiger partial charge is 0.298 e. The first kappa shape index (κ1) is 28.5. The van der Waals surface area contributed by atoms with E-state index in [0.717, 1.165) is 19.2 Å². The Bertz CT molecular complexity index is 1820. The van der Waals surface area contributed by atoms with Crippen LogP contribution in [0.3, 0.4) is 0 Å². The Morgan fingerprint density at radius 3 is 2.15 bits per heavy atom. The zero-order valence-corrected chi connectivity index (χ0v) is 22.6. The Balaban J connectivity index is 1.98. The van der Waals surface area contributed by atoms with E-state index in [9.17, 15) is 31.1 Å². The molecule has 0 saturated heterocycles. The van der Waals surface area contributed by atoms with E-state index in [1.807, 2.05) is 0 Å². The highest BCUT2D eigenvalue weighted by atomic mass is 35.5. The van der Waals surface area contributed by atoms with Gasteiger partial charge < -0.3 is 4.74 Å². The highest BCUT2D eigenvalue weighted by Crippen LogP contribution is 2.43. The quantitative estimate of drug-likeness (QED) is 0.141. The molecule has 18 heteroatoms. The summed E-state index contributed by atoms with van der Waals surface area (Å²) in [4.78, 5) is 9.99. The van der Waals surface area contributed by atoms with Crippen LogP contribution in [0.4, 0.5) is 17.1 Å². The van der Waals surface area contributed by atoms with Crippen molar-refractivity contribution in [3.63, 3.8) is 0 Å². The summed E-state index contributed by atoms with van der Waals surface area (Å²) < 4.78 is 72.9. The number of para-hydroxylation sites is 1. The van der Waals surface area contributed by atoms with Gasteiger partial charge in [0.25, 0.3) is 20.2 Å². The minimum absolute atomic E-state index is 0.103. The van der Waals surface area contributed by atoms with Gasteiger partial charge in [-0.05, 0) is 46.8 Å². The molecule has 0 radical (unpaired) electrons. The van der Waals surface area contributed by atoms with E-state index < -0.39 is 48.0 Å². The Morgan fingerprint density at radius 1 is 0.897 bits per heavy atom. The van der Waals surface area contributed by atoms with Crippen LogP contribution in [0.15, 0.2) is 68.6 Å². The number of methoxy groups -OCH3 is 1. The van der Waals surface area contributed by atoms with Crippen molar-refractivity contribution in [3.8, 4) is 5.75 Å². The fourth-order valence-electron chi connectivity index (χ4n) is 3.59. The number of benzene rings is 3. The Kier molecular flexibility index (Phi) is 7.99. The van der Waals surface area contributed by atoms with Crippen LogP contribution < -0.4 is 9.80 Å². The molecule has 0 atom stereocenters. The fraction of sp³-hybridized carbons (Fsp3) is 0.0952. The van der Waals surface area contributed by atoms with E-state index in [-0.39, 0.29) is 38.5 Å². The number of aromatic nitrogens is 3. The summed E-state index contributed by atoms with van der Waals surface area (Å²) in [6.45, 7) is -0.495. The highest BCUT2D eigenvalue weighted by molar-refractivity contribution is 7.86. The maximum absolute atomic E-state index is 12.4. The van der Waals surface area contributed by atoms with Crippen molar-refractivity contribution in [2.45, 2.75) is 16.3 Å². The van der Waals surface area contributed by atoms with Crippen LogP contribution in [0, 0.1) is 0 Å². The van der Waals surface area contributed by atoms with Crippen molar-refractivity contribution < 1.29 is 35.9 Å². The summed E-state index contributed by atoms with van der Waals surface area (Å²) in [7, 11) is -8.57. The molecule has 0 amide bonds. The molecule has 0 spiro atoms. The number of anilines is 1. The van der Waals surface area contributed by atoms with Gasteiger partial charge in [0.1, 0.15) is 33.4 Å². The first-order valence-corrected chi connectivity index (χ1v) is 14.0. The zero-order valence-electron chi connectivity index (χ0n) is 19.5. The average molecular weight is 615 g/mol. The van der Waals surface area contributed by atoms with Crippen LogP contribution in [-0.2, 0) is 26.8 Å². The van der Waals surface area contributed by atoms with Gasteiger partial charge in [0.05, 0.1) is 7.11 Å². The number of nitrogens with zero attached hydrogens (tertiary/aromatic N) is 6. The lowest BCUT2D eigenvalue weighted by molar-refractivity contribution is 0.248. The van der Waals surface area contributed by atoms with Gasteiger partial charge in [0.2, 0.25) is 10.6 Å². The van der Waals surface area contributed by atoms with Crippen LogP contribution in [0.2, 0.25) is 10.6 Å². The number of ether oxygens (including phenoxy) is 1. The summed E-state index contributed by atoms with van der Waals surface area (Å²) in [5.41, 5.74) is -1.01. The molecule has 0 bridgehead atoms. The molecule has 14 nitrogen and oxygen atoms in total. The maximum atomic E-state index is 12.4. The van der Waals surface area contributed by atoms with Gasteiger partial charge in [0, 0.05) is 5.39 Å². The summed E-state index contributed by atoms with van der Waals surface area (Å²) in [5, 5.41) is 19.5. The van der Waals surface area contributed by atoms with Gasteiger partial charge in [0.15, 0.2) is 11.6 Å². The van der Waals surface area contributed by atoms with Crippen molar-refractivity contribution in [2.75, 3.05) is 12.2 Å². The second-order valence-electron chi connectivity index (χ2n) is 7.60. The Morgan fingerprint density at radius 2 is 1.54 bits per heavy atom. The number of hydroxylamine groups is 1. The van der Waals surface area contributed by atoms with Crippen LogP contribution in [0.25, 0.3) is 10.8 Å². The molecule has 4 aromatic rings. The van der Waals surface area contributed by atoms with Gasteiger partial charge in [-0.1, -0.05) is 30.3 Å². The minimum atomic E-state index is -4.96. The number of azo groups is 1. The van der Waals surface area contributed by atoms with Crippen LogP contribution in [-0.4, -0.2) is 53.2 Å². The molecule has 0 saturated carbocycles. The molecule has 3 N–H and O–H groups in total. The Labute approximate surface area is 231 Å². The van der Waals surface area contributed by atoms with E-state index in [1.54, 1.807) is 12.1 Å². The van der Waals surface area contributed by atoms with E-state index in [1.165, 1.54) is 24.3 Å². The lowest BCUT2D eigenvalue weighted by Crippen LogP contribution is -2.20. The van der Waals surface area contributed by atoms with Crippen molar-refractivity contribution >= 4 is 71.3 Å². The second kappa shape index (κ2) is 10.9. The monoisotopic (exact) mass is 614 g/mol. The lowest BCUT2D eigenvalue weighted by Gasteiger charge is -2.21.